The summed E-state index contributed by atoms with van der Waals surface area (Å²) in [5, 5.41) is 3.85. The van der Waals surface area contributed by atoms with Crippen LogP contribution in [0.4, 0.5) is 0 Å². The van der Waals surface area contributed by atoms with Gasteiger partial charge in [-0.3, -0.25) is 0 Å². The van der Waals surface area contributed by atoms with E-state index in [1.165, 1.54) is 0 Å². The first-order valence-electron chi connectivity index (χ1n) is 4.02. The van der Waals surface area contributed by atoms with Gasteiger partial charge in [0.15, 0.2) is 5.76 Å². The van der Waals surface area contributed by atoms with Crippen LogP contribution in [0.3, 0.4) is 0 Å². The molecule has 0 aromatic carbocycles. The molecule has 0 amide bonds. The summed E-state index contributed by atoms with van der Waals surface area (Å²) in [5.41, 5.74) is 0.984. The summed E-state index contributed by atoms with van der Waals surface area (Å²) >= 11 is 5.83. The molecular weight excluding hydrogens is 174 g/mol. The Morgan fingerprint density at radius 3 is 2.33 bits per heavy atom. The summed E-state index contributed by atoms with van der Waals surface area (Å²) in [7, 11) is 0. The molecule has 1 atom stereocenters. The quantitative estimate of drug-likeness (QED) is 0.631. The van der Waals surface area contributed by atoms with Crippen LogP contribution in [0.15, 0.2) is 10.6 Å². The number of alkyl halides is 1. The second-order valence-electron chi connectivity index (χ2n) is 3.98. The average Bonchev–Trinajstić information content (AvgIpc) is 2.30. The molecule has 0 bridgehead atoms. The van der Waals surface area contributed by atoms with Gasteiger partial charge in [0.25, 0.3) is 0 Å². The molecule has 68 valence electrons. The Bertz CT molecular complexity index is 260. The highest BCUT2D eigenvalue weighted by Gasteiger charge is 2.20. The normalized spacial score (nSPS) is 14.8. The number of aromatic nitrogens is 1. The van der Waals surface area contributed by atoms with Gasteiger partial charge in [-0.25, -0.2) is 0 Å². The van der Waals surface area contributed by atoms with Crippen LogP contribution in [0.25, 0.3) is 0 Å². The van der Waals surface area contributed by atoms with E-state index >= 15 is 0 Å². The standard InChI is InChI=1S/C9H14ClNO/c1-6(10)7-5-8(11-12-7)9(2,3)4/h5-6H,1-4H3. The molecule has 1 heterocycles. The van der Waals surface area contributed by atoms with Gasteiger partial charge in [0.2, 0.25) is 0 Å². The zero-order chi connectivity index (χ0) is 9.35. The van der Waals surface area contributed by atoms with Crippen LogP contribution < -0.4 is 0 Å². The van der Waals surface area contributed by atoms with Crippen molar-refractivity contribution in [3.05, 3.63) is 17.5 Å². The molecular formula is C9H14ClNO. The minimum absolute atomic E-state index is 0.0352. The third-order valence-corrected chi connectivity index (χ3v) is 1.90. The van der Waals surface area contributed by atoms with Gasteiger partial charge in [-0.15, -0.1) is 11.6 Å². The molecule has 1 aromatic heterocycles. The van der Waals surface area contributed by atoms with Gasteiger partial charge >= 0.3 is 0 Å². The number of halogens is 1. The first-order valence-corrected chi connectivity index (χ1v) is 4.46. The van der Waals surface area contributed by atoms with Crippen molar-refractivity contribution in [3.63, 3.8) is 0 Å². The van der Waals surface area contributed by atoms with E-state index in [1.807, 2.05) is 13.0 Å². The minimum atomic E-state index is -0.103. The maximum atomic E-state index is 5.83. The highest BCUT2D eigenvalue weighted by molar-refractivity contribution is 6.20. The van der Waals surface area contributed by atoms with Gasteiger partial charge < -0.3 is 4.52 Å². The topological polar surface area (TPSA) is 26.0 Å². The zero-order valence-electron chi connectivity index (χ0n) is 7.89. The molecule has 2 nitrogen and oxygen atoms in total. The minimum Gasteiger partial charge on any atom is -0.360 e. The van der Waals surface area contributed by atoms with E-state index in [0.29, 0.717) is 0 Å². The molecule has 0 aliphatic carbocycles. The predicted octanol–water partition coefficient (Wildman–Crippen LogP) is 3.27. The molecule has 1 unspecified atom stereocenters. The van der Waals surface area contributed by atoms with Crippen molar-refractivity contribution >= 4 is 11.6 Å². The van der Waals surface area contributed by atoms with Crippen molar-refractivity contribution in [2.75, 3.05) is 0 Å². The fraction of sp³-hybridized carbons (Fsp3) is 0.667. The maximum Gasteiger partial charge on any atom is 0.154 e. The Labute approximate surface area is 77.9 Å². The third-order valence-electron chi connectivity index (χ3n) is 1.69. The van der Waals surface area contributed by atoms with E-state index in [9.17, 15) is 0 Å². The van der Waals surface area contributed by atoms with E-state index in [4.69, 9.17) is 16.1 Å². The number of hydrogen-bond acceptors (Lipinski definition) is 2. The van der Waals surface area contributed by atoms with Gasteiger partial charge in [0.1, 0.15) is 0 Å². The molecule has 1 aromatic rings. The van der Waals surface area contributed by atoms with Gasteiger partial charge in [-0.2, -0.15) is 0 Å². The summed E-state index contributed by atoms with van der Waals surface area (Å²) in [6, 6.07) is 1.91. The van der Waals surface area contributed by atoms with Gasteiger partial charge in [0.05, 0.1) is 11.1 Å². The smallest absolute Gasteiger partial charge is 0.154 e. The predicted molar refractivity (Wildman–Crippen MR) is 49.5 cm³/mol. The van der Waals surface area contributed by atoms with Crippen molar-refractivity contribution in [3.8, 4) is 0 Å². The molecule has 0 aliphatic rings. The van der Waals surface area contributed by atoms with Crippen molar-refractivity contribution in [1.82, 2.24) is 5.16 Å². The highest BCUT2D eigenvalue weighted by Crippen LogP contribution is 2.26. The van der Waals surface area contributed by atoms with Crippen LogP contribution in [0.2, 0.25) is 0 Å². The van der Waals surface area contributed by atoms with Crippen LogP contribution in [0.1, 0.15) is 44.5 Å². The first-order chi connectivity index (χ1) is 5.41. The molecule has 0 aliphatic heterocycles. The molecule has 0 fully saturated rings. The molecule has 0 spiro atoms. The van der Waals surface area contributed by atoms with Crippen LogP contribution >= 0.6 is 11.6 Å². The van der Waals surface area contributed by atoms with Crippen LogP contribution in [0.5, 0.6) is 0 Å². The van der Waals surface area contributed by atoms with E-state index in [1.54, 1.807) is 0 Å². The second kappa shape index (κ2) is 3.09. The van der Waals surface area contributed by atoms with Crippen molar-refractivity contribution in [2.24, 2.45) is 0 Å². The van der Waals surface area contributed by atoms with E-state index in [-0.39, 0.29) is 10.8 Å². The summed E-state index contributed by atoms with van der Waals surface area (Å²) < 4.78 is 5.07. The molecule has 12 heavy (non-hydrogen) atoms. The van der Waals surface area contributed by atoms with E-state index in [0.717, 1.165) is 11.5 Å². The molecule has 0 saturated carbocycles. The maximum absolute atomic E-state index is 5.83. The van der Waals surface area contributed by atoms with Crippen LogP contribution in [0, 0.1) is 0 Å². The van der Waals surface area contributed by atoms with E-state index < -0.39 is 0 Å². The van der Waals surface area contributed by atoms with Crippen molar-refractivity contribution < 1.29 is 4.52 Å². The van der Waals surface area contributed by atoms with Crippen LogP contribution in [-0.2, 0) is 5.41 Å². The number of rotatable bonds is 1. The lowest BCUT2D eigenvalue weighted by atomic mass is 9.92. The van der Waals surface area contributed by atoms with Crippen molar-refractivity contribution in [1.29, 1.82) is 0 Å². The molecule has 1 rings (SSSR count). The molecule has 0 radical (unpaired) electrons. The lowest BCUT2D eigenvalue weighted by molar-refractivity contribution is 0.365. The SMILES string of the molecule is CC(Cl)c1cc(C(C)(C)C)no1. The summed E-state index contributed by atoms with van der Waals surface area (Å²) in [5.74, 6) is 0.738. The highest BCUT2D eigenvalue weighted by atomic mass is 35.5. The Kier molecular flexibility index (Phi) is 2.47. The summed E-state index contributed by atoms with van der Waals surface area (Å²) in [6.45, 7) is 8.14. The van der Waals surface area contributed by atoms with Crippen molar-refractivity contribution in [2.45, 2.75) is 38.5 Å². The number of nitrogens with zero attached hydrogens (tertiary/aromatic N) is 1. The average molecular weight is 188 g/mol. The molecule has 0 N–H and O–H groups in total. The molecule has 0 saturated heterocycles. The Morgan fingerprint density at radius 2 is 2.08 bits per heavy atom. The third kappa shape index (κ3) is 2.01. The monoisotopic (exact) mass is 187 g/mol. The molecule has 3 heteroatoms. The van der Waals surface area contributed by atoms with Gasteiger partial charge in [0, 0.05) is 11.5 Å². The fourth-order valence-corrected chi connectivity index (χ4v) is 0.933. The van der Waals surface area contributed by atoms with Crippen LogP contribution in [-0.4, -0.2) is 5.16 Å². The van der Waals surface area contributed by atoms with Gasteiger partial charge in [-0.05, 0) is 6.92 Å². The first kappa shape index (κ1) is 9.59. The summed E-state index contributed by atoms with van der Waals surface area (Å²) in [4.78, 5) is 0. The Hall–Kier alpha value is -0.500. The second-order valence-corrected chi connectivity index (χ2v) is 4.64. The fourth-order valence-electron chi connectivity index (χ4n) is 0.830. The largest absolute Gasteiger partial charge is 0.360 e. The lowest BCUT2D eigenvalue weighted by Gasteiger charge is -2.12. The number of hydrogen-bond donors (Lipinski definition) is 0. The lowest BCUT2D eigenvalue weighted by Crippen LogP contribution is -2.10. The van der Waals surface area contributed by atoms with Gasteiger partial charge in [-0.1, -0.05) is 25.9 Å². The zero-order valence-corrected chi connectivity index (χ0v) is 8.64. The van der Waals surface area contributed by atoms with E-state index in [2.05, 4.69) is 25.9 Å². The Morgan fingerprint density at radius 1 is 1.50 bits per heavy atom. The summed E-state index contributed by atoms with van der Waals surface area (Å²) in [6.07, 6.45) is 0. The Balaban J connectivity index is 2.92.